The lowest BCUT2D eigenvalue weighted by Crippen LogP contribution is -2.25. The number of esters is 1. The average Bonchev–Trinajstić information content (AvgIpc) is 3.19. The molecule has 0 amide bonds. The summed E-state index contributed by atoms with van der Waals surface area (Å²) < 4.78 is 7.53. The van der Waals surface area contributed by atoms with Gasteiger partial charge in [-0.1, -0.05) is 12.1 Å². The molecule has 0 saturated carbocycles. The maximum absolute atomic E-state index is 12.7. The average molecular weight is 467 g/mol. The monoisotopic (exact) mass is 466 g/mol. The molecule has 0 bridgehead atoms. The standard InChI is InChI=1S/C24H26N4O4S/c1-12-13(2)33-22-19(12)20(15-7-9-16(10-8-15)23(30)31)25-17(11-18(29)32-24(4,5)6)21-27-26-14(3)28(21)22/h7-10,17H,11H2,1-6H3,(H,30,31)/t17-/m0/s1. The van der Waals surface area contributed by atoms with Crippen LogP contribution in [0, 0.1) is 20.8 Å². The van der Waals surface area contributed by atoms with E-state index in [9.17, 15) is 14.7 Å². The first-order valence-corrected chi connectivity index (χ1v) is 11.4. The van der Waals surface area contributed by atoms with E-state index in [2.05, 4.69) is 17.1 Å². The van der Waals surface area contributed by atoms with E-state index in [0.29, 0.717) is 17.4 Å². The molecule has 0 fully saturated rings. The fourth-order valence-electron chi connectivity index (χ4n) is 3.84. The fraction of sp³-hybridized carbons (Fsp3) is 0.375. The van der Waals surface area contributed by atoms with Crippen molar-refractivity contribution >= 4 is 29.0 Å². The van der Waals surface area contributed by atoms with Crippen LogP contribution >= 0.6 is 11.3 Å². The number of thiophene rings is 1. The number of fused-ring (bicyclic) bond motifs is 3. The highest BCUT2D eigenvalue weighted by molar-refractivity contribution is 7.15. The zero-order valence-corrected chi connectivity index (χ0v) is 20.3. The van der Waals surface area contributed by atoms with Crippen molar-refractivity contribution < 1.29 is 19.4 Å². The minimum atomic E-state index is -0.989. The van der Waals surface area contributed by atoms with Crippen molar-refractivity contribution in [1.82, 2.24) is 14.8 Å². The largest absolute Gasteiger partial charge is 0.478 e. The maximum Gasteiger partial charge on any atom is 0.335 e. The van der Waals surface area contributed by atoms with Gasteiger partial charge in [-0.15, -0.1) is 21.5 Å². The third-order valence-corrected chi connectivity index (χ3v) is 6.62. The molecule has 0 spiro atoms. The number of aromatic nitrogens is 3. The van der Waals surface area contributed by atoms with Crippen LogP contribution in [0.3, 0.4) is 0 Å². The van der Waals surface area contributed by atoms with Gasteiger partial charge < -0.3 is 9.84 Å². The first kappa shape index (κ1) is 22.8. The Bertz CT molecular complexity index is 1280. The second kappa shape index (κ2) is 8.22. The van der Waals surface area contributed by atoms with Crippen LogP contribution in [0.15, 0.2) is 29.3 Å². The second-order valence-corrected chi connectivity index (χ2v) is 10.3. The Labute approximate surface area is 196 Å². The summed E-state index contributed by atoms with van der Waals surface area (Å²) in [4.78, 5) is 30.2. The Hall–Kier alpha value is -3.33. The predicted molar refractivity (Wildman–Crippen MR) is 126 cm³/mol. The van der Waals surface area contributed by atoms with E-state index in [4.69, 9.17) is 9.73 Å². The van der Waals surface area contributed by atoms with Gasteiger partial charge in [0.2, 0.25) is 0 Å². The first-order valence-electron chi connectivity index (χ1n) is 10.6. The summed E-state index contributed by atoms with van der Waals surface area (Å²) in [6, 6.07) is 6.03. The Balaban J connectivity index is 1.90. The molecule has 1 aliphatic rings. The van der Waals surface area contributed by atoms with Crippen LogP contribution in [0.5, 0.6) is 0 Å². The zero-order valence-electron chi connectivity index (χ0n) is 19.5. The number of carboxylic acids is 1. The maximum atomic E-state index is 12.7. The molecule has 0 saturated heterocycles. The summed E-state index contributed by atoms with van der Waals surface area (Å²) in [7, 11) is 0. The van der Waals surface area contributed by atoms with Crippen LogP contribution in [0.4, 0.5) is 0 Å². The van der Waals surface area contributed by atoms with E-state index in [1.54, 1.807) is 35.6 Å². The van der Waals surface area contributed by atoms with Gasteiger partial charge in [0.05, 0.1) is 17.7 Å². The molecular weight excluding hydrogens is 440 g/mol. The molecular formula is C24H26N4O4S. The Morgan fingerprint density at radius 1 is 1.12 bits per heavy atom. The van der Waals surface area contributed by atoms with Crippen LogP contribution in [-0.4, -0.2) is 43.1 Å². The molecule has 3 heterocycles. The van der Waals surface area contributed by atoms with E-state index in [-0.39, 0.29) is 18.0 Å². The number of rotatable bonds is 4. The number of hydrogen-bond donors (Lipinski definition) is 1. The zero-order chi connectivity index (χ0) is 24.1. The molecule has 8 nitrogen and oxygen atoms in total. The van der Waals surface area contributed by atoms with E-state index in [1.165, 1.54) is 0 Å². The quantitative estimate of drug-likeness (QED) is 0.564. The van der Waals surface area contributed by atoms with Gasteiger partial charge in [0.15, 0.2) is 5.82 Å². The van der Waals surface area contributed by atoms with E-state index in [1.807, 2.05) is 39.2 Å². The molecule has 0 aliphatic carbocycles. The molecule has 172 valence electrons. The van der Waals surface area contributed by atoms with Gasteiger partial charge in [0, 0.05) is 16.0 Å². The van der Waals surface area contributed by atoms with Crippen molar-refractivity contribution in [2.45, 2.75) is 59.6 Å². The van der Waals surface area contributed by atoms with Gasteiger partial charge in [-0.3, -0.25) is 14.4 Å². The van der Waals surface area contributed by atoms with Gasteiger partial charge >= 0.3 is 11.9 Å². The molecule has 0 unspecified atom stereocenters. The molecule has 1 aliphatic heterocycles. The van der Waals surface area contributed by atoms with Crippen molar-refractivity contribution in [2.24, 2.45) is 4.99 Å². The second-order valence-electron chi connectivity index (χ2n) is 9.07. The van der Waals surface area contributed by atoms with Gasteiger partial charge in [-0.05, 0) is 59.2 Å². The third-order valence-electron chi connectivity index (χ3n) is 5.42. The number of nitrogens with zero attached hydrogens (tertiary/aromatic N) is 4. The topological polar surface area (TPSA) is 107 Å². The van der Waals surface area contributed by atoms with Gasteiger partial charge in [0.1, 0.15) is 22.5 Å². The summed E-state index contributed by atoms with van der Waals surface area (Å²) in [6.07, 6.45) is 0.0130. The van der Waals surface area contributed by atoms with Crippen LogP contribution in [0.25, 0.3) is 5.00 Å². The Morgan fingerprint density at radius 2 is 1.79 bits per heavy atom. The smallest absolute Gasteiger partial charge is 0.335 e. The SMILES string of the molecule is Cc1sc2c(c1C)C(c1ccc(C(=O)O)cc1)=N[C@@H](CC(=O)OC(C)(C)C)c1nnc(C)n1-2. The Morgan fingerprint density at radius 3 is 2.39 bits per heavy atom. The number of ether oxygens (including phenoxy) is 1. The number of benzene rings is 1. The molecule has 3 aromatic rings. The van der Waals surface area contributed by atoms with Gasteiger partial charge in [-0.2, -0.15) is 0 Å². The summed E-state index contributed by atoms with van der Waals surface area (Å²) in [5.41, 5.74) is 3.07. The minimum absolute atomic E-state index is 0.0130. The lowest BCUT2D eigenvalue weighted by molar-refractivity contribution is -0.155. The molecule has 2 aromatic heterocycles. The van der Waals surface area contributed by atoms with Crippen LogP contribution in [0.1, 0.15) is 76.8 Å². The van der Waals surface area contributed by atoms with E-state index in [0.717, 1.165) is 26.6 Å². The number of carboxylic acid groups (broad SMARTS) is 1. The van der Waals surface area contributed by atoms with Crippen molar-refractivity contribution in [1.29, 1.82) is 0 Å². The van der Waals surface area contributed by atoms with Crippen LogP contribution in [-0.2, 0) is 9.53 Å². The number of aromatic carboxylic acids is 1. The summed E-state index contributed by atoms with van der Waals surface area (Å²) in [6.45, 7) is 11.4. The molecule has 1 aromatic carbocycles. The number of aliphatic imine (C=N–C) groups is 1. The molecule has 9 heteroatoms. The lowest BCUT2D eigenvalue weighted by atomic mass is 9.98. The molecule has 1 N–H and O–H groups in total. The highest BCUT2D eigenvalue weighted by Crippen LogP contribution is 2.39. The van der Waals surface area contributed by atoms with E-state index >= 15 is 0 Å². The van der Waals surface area contributed by atoms with Crippen LogP contribution < -0.4 is 0 Å². The van der Waals surface area contributed by atoms with Crippen molar-refractivity contribution in [3.8, 4) is 5.00 Å². The van der Waals surface area contributed by atoms with Crippen molar-refractivity contribution in [2.75, 3.05) is 0 Å². The molecule has 4 rings (SSSR count). The minimum Gasteiger partial charge on any atom is -0.478 e. The summed E-state index contributed by atoms with van der Waals surface area (Å²) >= 11 is 1.62. The number of carbonyl (C=O) groups is 2. The predicted octanol–water partition coefficient (Wildman–Crippen LogP) is 4.58. The van der Waals surface area contributed by atoms with E-state index < -0.39 is 17.6 Å². The van der Waals surface area contributed by atoms with Crippen LogP contribution in [0.2, 0.25) is 0 Å². The lowest BCUT2D eigenvalue weighted by Gasteiger charge is -2.21. The third kappa shape index (κ3) is 4.32. The summed E-state index contributed by atoms with van der Waals surface area (Å²) in [5.74, 6) is -0.0724. The number of hydrogen-bond acceptors (Lipinski definition) is 7. The fourth-order valence-corrected chi connectivity index (χ4v) is 5.05. The number of aryl methyl sites for hydroxylation is 2. The molecule has 0 radical (unpaired) electrons. The first-order chi connectivity index (χ1) is 15.5. The highest BCUT2D eigenvalue weighted by atomic mass is 32.1. The molecule has 33 heavy (non-hydrogen) atoms. The molecule has 1 atom stereocenters. The normalized spacial score (nSPS) is 15.3. The van der Waals surface area contributed by atoms with Crippen molar-refractivity contribution in [3.63, 3.8) is 0 Å². The number of carbonyl (C=O) groups excluding carboxylic acids is 1. The summed E-state index contributed by atoms with van der Waals surface area (Å²) in [5, 5.41) is 18.9. The highest BCUT2D eigenvalue weighted by Gasteiger charge is 2.33. The van der Waals surface area contributed by atoms with Gasteiger partial charge in [0.25, 0.3) is 0 Å². The van der Waals surface area contributed by atoms with Crippen molar-refractivity contribution in [3.05, 3.63) is 63.0 Å². The Kier molecular flexibility index (Phi) is 5.69. The van der Waals surface area contributed by atoms with Gasteiger partial charge in [-0.25, -0.2) is 4.79 Å².